The van der Waals surface area contributed by atoms with E-state index in [-0.39, 0.29) is 17.8 Å². The summed E-state index contributed by atoms with van der Waals surface area (Å²) in [7, 11) is 1.44. The number of aromatic nitrogens is 3. The first-order valence-corrected chi connectivity index (χ1v) is 14.1. The molecule has 1 N–H and O–H groups in total. The Balaban J connectivity index is 1.33. The summed E-state index contributed by atoms with van der Waals surface area (Å²) < 4.78 is 5.94. The van der Waals surface area contributed by atoms with E-state index < -0.39 is 0 Å². The Kier molecular flexibility index (Phi) is 9.71. The van der Waals surface area contributed by atoms with Crippen LogP contribution in [0.5, 0.6) is 0 Å². The van der Waals surface area contributed by atoms with Crippen molar-refractivity contribution in [3.63, 3.8) is 0 Å². The molecule has 208 valence electrons. The maximum absolute atomic E-state index is 12.9. The Morgan fingerprint density at radius 1 is 1.18 bits per heavy atom. The summed E-state index contributed by atoms with van der Waals surface area (Å²) in [6, 6.07) is 9.35. The Morgan fingerprint density at radius 3 is 2.64 bits per heavy atom. The van der Waals surface area contributed by atoms with Gasteiger partial charge in [0.2, 0.25) is 0 Å². The molecule has 1 aromatic carbocycles. The number of anilines is 4. The lowest BCUT2D eigenvalue weighted by molar-refractivity contribution is -0.145. The molecule has 3 heterocycles. The van der Waals surface area contributed by atoms with Crippen LogP contribution in [0.15, 0.2) is 36.5 Å². The lowest BCUT2D eigenvalue weighted by atomic mass is 10.1. The van der Waals surface area contributed by atoms with Crippen molar-refractivity contribution < 1.29 is 14.3 Å². The van der Waals surface area contributed by atoms with Crippen molar-refractivity contribution >= 4 is 57.4 Å². The number of aryl methyl sites for hydroxylation is 2. The second kappa shape index (κ2) is 13.2. The third-order valence-corrected chi connectivity index (χ3v) is 7.93. The SMILES string of the molecule is COC(=O)C(C)CCCN1CCN(c2cc(Nc3ncc(C(=O)N(Cl)c4ccccc4C)s3)nc(C)n2)CC1. The van der Waals surface area contributed by atoms with Gasteiger partial charge in [-0.15, -0.1) is 0 Å². The molecular formula is C27H34ClN7O3S. The van der Waals surface area contributed by atoms with Gasteiger partial charge in [-0.05, 0) is 44.9 Å². The monoisotopic (exact) mass is 571 g/mol. The predicted octanol–water partition coefficient (Wildman–Crippen LogP) is 4.81. The second-order valence-electron chi connectivity index (χ2n) is 9.58. The van der Waals surface area contributed by atoms with Crippen molar-refractivity contribution in [2.45, 2.75) is 33.6 Å². The van der Waals surface area contributed by atoms with E-state index in [0.717, 1.165) is 61.4 Å². The van der Waals surface area contributed by atoms with Crippen LogP contribution in [0.25, 0.3) is 0 Å². The zero-order valence-electron chi connectivity index (χ0n) is 22.7. The number of carbonyl (C=O) groups excluding carboxylic acids is 2. The highest BCUT2D eigenvalue weighted by atomic mass is 35.5. The molecule has 1 amide bonds. The number of rotatable bonds is 10. The number of para-hydroxylation sites is 1. The first-order chi connectivity index (χ1) is 18.7. The summed E-state index contributed by atoms with van der Waals surface area (Å²) in [5.41, 5.74) is 1.54. The molecule has 0 saturated carbocycles. The molecular weight excluding hydrogens is 538 g/mol. The van der Waals surface area contributed by atoms with Gasteiger partial charge < -0.3 is 15.0 Å². The van der Waals surface area contributed by atoms with Crippen molar-refractivity contribution in [3.05, 3.63) is 52.8 Å². The first kappa shape index (κ1) is 28.7. The maximum atomic E-state index is 12.9. The average Bonchev–Trinajstić information content (AvgIpc) is 3.40. The predicted molar refractivity (Wildman–Crippen MR) is 155 cm³/mol. The quantitative estimate of drug-likeness (QED) is 0.271. The van der Waals surface area contributed by atoms with Gasteiger partial charge in [0.05, 0.1) is 24.9 Å². The van der Waals surface area contributed by atoms with Crippen molar-refractivity contribution in [1.29, 1.82) is 0 Å². The van der Waals surface area contributed by atoms with Gasteiger partial charge in [0.25, 0.3) is 5.91 Å². The number of hydrogen-bond acceptors (Lipinski definition) is 10. The molecule has 0 aliphatic carbocycles. The molecule has 39 heavy (non-hydrogen) atoms. The number of hydrogen-bond donors (Lipinski definition) is 1. The molecule has 1 unspecified atom stereocenters. The largest absolute Gasteiger partial charge is 0.469 e. The summed E-state index contributed by atoms with van der Waals surface area (Å²) in [4.78, 5) is 43.1. The van der Waals surface area contributed by atoms with Gasteiger partial charge >= 0.3 is 5.97 Å². The number of methoxy groups -OCH3 is 1. The molecule has 0 radical (unpaired) electrons. The fraction of sp³-hybridized carbons (Fsp3) is 0.444. The van der Waals surface area contributed by atoms with E-state index in [1.165, 1.54) is 24.6 Å². The summed E-state index contributed by atoms with van der Waals surface area (Å²) in [5, 5.41) is 3.76. The van der Waals surface area contributed by atoms with Gasteiger partial charge in [0.1, 0.15) is 22.3 Å². The molecule has 1 aliphatic rings. The molecule has 4 rings (SSSR count). The van der Waals surface area contributed by atoms with Crippen LogP contribution in [0.2, 0.25) is 0 Å². The van der Waals surface area contributed by atoms with E-state index in [1.54, 1.807) is 6.07 Å². The number of benzene rings is 1. The van der Waals surface area contributed by atoms with Gasteiger partial charge in [-0.2, -0.15) is 0 Å². The zero-order valence-corrected chi connectivity index (χ0v) is 24.3. The van der Waals surface area contributed by atoms with Crippen molar-refractivity contribution in [3.8, 4) is 0 Å². The van der Waals surface area contributed by atoms with Crippen molar-refractivity contribution in [2.24, 2.45) is 5.92 Å². The Bertz CT molecular complexity index is 1300. The van der Waals surface area contributed by atoms with Gasteiger partial charge in [0.15, 0.2) is 5.13 Å². The third kappa shape index (κ3) is 7.43. The fourth-order valence-electron chi connectivity index (χ4n) is 4.45. The number of nitrogens with one attached hydrogen (secondary N) is 1. The van der Waals surface area contributed by atoms with Crippen LogP contribution in [0, 0.1) is 19.8 Å². The van der Waals surface area contributed by atoms with Crippen LogP contribution in [0.3, 0.4) is 0 Å². The zero-order chi connectivity index (χ0) is 27.9. The lowest BCUT2D eigenvalue weighted by Gasteiger charge is -2.35. The molecule has 1 fully saturated rings. The van der Waals surface area contributed by atoms with Crippen LogP contribution in [0.1, 0.15) is 40.8 Å². The molecule has 0 bridgehead atoms. The van der Waals surface area contributed by atoms with E-state index in [1.807, 2.05) is 45.0 Å². The van der Waals surface area contributed by atoms with Crippen LogP contribution in [-0.4, -0.2) is 71.6 Å². The number of piperazine rings is 1. The molecule has 0 spiro atoms. The smallest absolute Gasteiger partial charge is 0.308 e. The Hall–Kier alpha value is -3.28. The van der Waals surface area contributed by atoms with E-state index in [2.05, 4.69) is 30.1 Å². The fourth-order valence-corrected chi connectivity index (χ4v) is 5.53. The van der Waals surface area contributed by atoms with E-state index >= 15 is 0 Å². The Labute approximate surface area is 238 Å². The highest BCUT2D eigenvalue weighted by molar-refractivity contribution is 7.17. The third-order valence-electron chi connectivity index (χ3n) is 6.69. The number of carbonyl (C=O) groups is 2. The Morgan fingerprint density at radius 2 is 1.92 bits per heavy atom. The van der Waals surface area contributed by atoms with E-state index in [9.17, 15) is 9.59 Å². The summed E-state index contributed by atoms with van der Waals surface area (Å²) >= 11 is 7.58. The summed E-state index contributed by atoms with van der Waals surface area (Å²) in [6.45, 7) is 10.2. The number of esters is 1. The number of thiazole rings is 1. The number of nitrogens with zero attached hydrogens (tertiary/aromatic N) is 6. The highest BCUT2D eigenvalue weighted by Gasteiger charge is 2.22. The molecule has 2 aromatic heterocycles. The maximum Gasteiger partial charge on any atom is 0.308 e. The van der Waals surface area contributed by atoms with Crippen molar-refractivity contribution in [1.82, 2.24) is 19.9 Å². The average molecular weight is 572 g/mol. The molecule has 1 saturated heterocycles. The summed E-state index contributed by atoms with van der Waals surface area (Å²) in [6.07, 6.45) is 3.30. The molecule has 3 aromatic rings. The molecule has 12 heteroatoms. The summed E-state index contributed by atoms with van der Waals surface area (Å²) in [5.74, 6) is 1.56. The lowest BCUT2D eigenvalue weighted by Crippen LogP contribution is -2.47. The van der Waals surface area contributed by atoms with Crippen molar-refractivity contribution in [2.75, 3.05) is 54.5 Å². The molecule has 1 aliphatic heterocycles. The standard InChI is InChI=1S/C27H34ClN7O3S/c1-18-8-5-6-10-21(18)35(28)25(36)22-17-29-27(39-22)32-23-16-24(31-20(3)30-23)34-14-12-33(13-15-34)11-7-9-19(2)26(37)38-4/h5-6,8,10,16-17,19H,7,9,11-15H2,1-4H3,(H,29,30,31,32). The second-order valence-corrected chi connectivity index (χ2v) is 10.9. The number of halogens is 1. The topological polar surface area (TPSA) is 104 Å². The normalized spacial score (nSPS) is 14.6. The number of ether oxygens (including phenoxy) is 1. The minimum atomic E-state index is -0.339. The van der Waals surface area contributed by atoms with Gasteiger partial charge in [-0.1, -0.05) is 36.5 Å². The van der Waals surface area contributed by atoms with Gasteiger partial charge in [-0.3, -0.25) is 14.5 Å². The first-order valence-electron chi connectivity index (χ1n) is 12.9. The number of amides is 1. The van der Waals surface area contributed by atoms with Gasteiger partial charge in [0, 0.05) is 44.0 Å². The highest BCUT2D eigenvalue weighted by Crippen LogP contribution is 2.28. The van der Waals surface area contributed by atoms with E-state index in [0.29, 0.717) is 27.3 Å². The van der Waals surface area contributed by atoms with Crippen LogP contribution in [0.4, 0.5) is 22.5 Å². The van der Waals surface area contributed by atoms with Gasteiger partial charge in [-0.25, -0.2) is 19.4 Å². The molecule has 10 nitrogen and oxygen atoms in total. The van der Waals surface area contributed by atoms with Crippen LogP contribution < -0.4 is 14.6 Å². The van der Waals surface area contributed by atoms with Crippen LogP contribution >= 0.6 is 23.1 Å². The molecule has 1 atom stereocenters. The van der Waals surface area contributed by atoms with Crippen LogP contribution in [-0.2, 0) is 9.53 Å². The van der Waals surface area contributed by atoms with E-state index in [4.69, 9.17) is 16.5 Å². The minimum absolute atomic E-state index is 0.0693. The minimum Gasteiger partial charge on any atom is -0.469 e.